The summed E-state index contributed by atoms with van der Waals surface area (Å²) < 4.78 is 23.0. The summed E-state index contributed by atoms with van der Waals surface area (Å²) in [5.41, 5.74) is 3.45. The first-order valence-electron chi connectivity index (χ1n) is 8.30. The first kappa shape index (κ1) is 16.6. The van der Waals surface area contributed by atoms with Gasteiger partial charge in [-0.15, -0.1) is 0 Å². The van der Waals surface area contributed by atoms with Crippen molar-refractivity contribution in [3.05, 3.63) is 54.1 Å². The molecule has 0 spiro atoms. The number of halogens is 1. The molecule has 0 aromatic heterocycles. The zero-order valence-corrected chi connectivity index (χ0v) is 13.7. The van der Waals surface area contributed by atoms with Gasteiger partial charge in [0, 0.05) is 37.1 Å². The summed E-state index contributed by atoms with van der Waals surface area (Å²) in [6.45, 7) is 3.71. The molecular weight excluding hydrogens is 307 g/mol. The Morgan fingerprint density at radius 1 is 1.08 bits per heavy atom. The lowest BCUT2D eigenvalue weighted by atomic mass is 10.1. The molecule has 1 heterocycles. The molecule has 0 atom stereocenters. The fourth-order valence-electron chi connectivity index (χ4n) is 2.82. The van der Waals surface area contributed by atoms with Gasteiger partial charge in [0.05, 0.1) is 13.2 Å². The molecule has 128 valence electrons. The highest BCUT2D eigenvalue weighted by molar-refractivity contribution is 5.56. The molecule has 5 heteroatoms. The van der Waals surface area contributed by atoms with Crippen molar-refractivity contribution < 1.29 is 13.9 Å². The van der Waals surface area contributed by atoms with Crippen LogP contribution in [0.2, 0.25) is 0 Å². The van der Waals surface area contributed by atoms with Crippen LogP contribution in [0.15, 0.2) is 48.5 Å². The summed E-state index contributed by atoms with van der Waals surface area (Å²) in [5.74, 6) is 0.680. The number of hydrogen-bond donors (Lipinski definition) is 1. The van der Waals surface area contributed by atoms with Crippen LogP contribution in [-0.2, 0) is 11.3 Å². The smallest absolute Gasteiger partial charge is 0.123 e. The Labute approximate surface area is 142 Å². The monoisotopic (exact) mass is 330 g/mol. The predicted octanol–water partition coefficient (Wildman–Crippen LogP) is 3.48. The average molecular weight is 330 g/mol. The van der Waals surface area contributed by atoms with Crippen LogP contribution in [-0.4, -0.2) is 39.6 Å². The summed E-state index contributed by atoms with van der Waals surface area (Å²) in [5, 5.41) is 3.43. The van der Waals surface area contributed by atoms with E-state index in [9.17, 15) is 4.39 Å². The van der Waals surface area contributed by atoms with Crippen molar-refractivity contribution in [3.63, 3.8) is 0 Å². The Morgan fingerprint density at radius 3 is 2.75 bits per heavy atom. The van der Waals surface area contributed by atoms with Gasteiger partial charge in [-0.05, 0) is 23.8 Å². The van der Waals surface area contributed by atoms with Crippen LogP contribution in [0.5, 0.6) is 5.75 Å². The number of morpholine rings is 1. The van der Waals surface area contributed by atoms with Gasteiger partial charge in [0.15, 0.2) is 0 Å². The van der Waals surface area contributed by atoms with Crippen LogP contribution in [0.4, 0.5) is 15.8 Å². The van der Waals surface area contributed by atoms with Crippen LogP contribution in [0.3, 0.4) is 0 Å². The van der Waals surface area contributed by atoms with Gasteiger partial charge in [-0.1, -0.05) is 24.3 Å². The Morgan fingerprint density at radius 2 is 1.92 bits per heavy atom. The molecule has 1 aliphatic heterocycles. The van der Waals surface area contributed by atoms with Crippen LogP contribution in [0.1, 0.15) is 5.56 Å². The molecule has 1 fully saturated rings. The molecule has 4 nitrogen and oxygen atoms in total. The van der Waals surface area contributed by atoms with Crippen molar-refractivity contribution in [2.24, 2.45) is 0 Å². The van der Waals surface area contributed by atoms with Gasteiger partial charge in [-0.25, -0.2) is 4.39 Å². The molecule has 1 aliphatic rings. The largest absolute Gasteiger partial charge is 0.491 e. The number of nitrogens with one attached hydrogen (secondary N) is 1. The quantitative estimate of drug-likeness (QED) is 0.843. The standard InChI is InChI=1S/C19H23FN2O2/c20-8-11-24-18-6-3-5-17(14-18)21-15-16-4-1-2-7-19(16)22-9-12-23-13-10-22/h1-7,14,21H,8-13,15H2. The summed E-state index contributed by atoms with van der Waals surface area (Å²) in [7, 11) is 0. The SMILES string of the molecule is FCCOc1cccc(NCc2ccccc2N2CCOCC2)c1. The van der Waals surface area contributed by atoms with Gasteiger partial charge in [-0.3, -0.25) is 0 Å². The minimum Gasteiger partial charge on any atom is -0.491 e. The number of nitrogens with zero attached hydrogens (tertiary/aromatic N) is 1. The highest BCUT2D eigenvalue weighted by atomic mass is 19.1. The van der Waals surface area contributed by atoms with E-state index in [0.717, 1.165) is 38.5 Å². The number of rotatable bonds is 7. The molecule has 0 aliphatic carbocycles. The number of ether oxygens (including phenoxy) is 2. The maximum absolute atomic E-state index is 12.2. The lowest BCUT2D eigenvalue weighted by Crippen LogP contribution is -2.36. The van der Waals surface area contributed by atoms with E-state index in [2.05, 4.69) is 34.5 Å². The van der Waals surface area contributed by atoms with Gasteiger partial charge < -0.3 is 19.7 Å². The third-order valence-electron chi connectivity index (χ3n) is 4.01. The molecule has 0 saturated carbocycles. The number of alkyl halides is 1. The first-order valence-corrected chi connectivity index (χ1v) is 8.30. The molecule has 0 unspecified atom stereocenters. The fourth-order valence-corrected chi connectivity index (χ4v) is 2.82. The van der Waals surface area contributed by atoms with Gasteiger partial charge in [0.25, 0.3) is 0 Å². The highest BCUT2D eigenvalue weighted by Crippen LogP contribution is 2.23. The molecule has 0 amide bonds. The normalized spacial score (nSPS) is 14.5. The van der Waals surface area contributed by atoms with Crippen molar-refractivity contribution in [1.29, 1.82) is 0 Å². The van der Waals surface area contributed by atoms with Crippen LogP contribution in [0, 0.1) is 0 Å². The van der Waals surface area contributed by atoms with Crippen molar-refractivity contribution in [3.8, 4) is 5.75 Å². The van der Waals surface area contributed by atoms with Gasteiger partial charge in [0.1, 0.15) is 19.0 Å². The Balaban J connectivity index is 1.66. The third-order valence-corrected chi connectivity index (χ3v) is 4.01. The topological polar surface area (TPSA) is 33.7 Å². The number of benzene rings is 2. The molecular formula is C19H23FN2O2. The van der Waals surface area contributed by atoms with E-state index in [0.29, 0.717) is 5.75 Å². The second-order valence-corrected chi connectivity index (χ2v) is 5.65. The molecule has 2 aromatic carbocycles. The lowest BCUT2D eigenvalue weighted by molar-refractivity contribution is 0.122. The minimum absolute atomic E-state index is 0.0866. The maximum Gasteiger partial charge on any atom is 0.123 e. The third kappa shape index (κ3) is 4.38. The predicted molar refractivity (Wildman–Crippen MR) is 94.7 cm³/mol. The van der Waals surface area contributed by atoms with E-state index in [1.165, 1.54) is 11.3 Å². The van der Waals surface area contributed by atoms with Gasteiger partial charge in [-0.2, -0.15) is 0 Å². The van der Waals surface area contributed by atoms with Crippen LogP contribution >= 0.6 is 0 Å². The lowest BCUT2D eigenvalue weighted by Gasteiger charge is -2.30. The van der Waals surface area contributed by atoms with Crippen LogP contribution < -0.4 is 15.0 Å². The number of hydrogen-bond acceptors (Lipinski definition) is 4. The summed E-state index contributed by atoms with van der Waals surface area (Å²) in [6.07, 6.45) is 0. The molecule has 0 bridgehead atoms. The molecule has 24 heavy (non-hydrogen) atoms. The van der Waals surface area contributed by atoms with E-state index in [1.54, 1.807) is 0 Å². The molecule has 1 N–H and O–H groups in total. The van der Waals surface area contributed by atoms with Crippen molar-refractivity contribution in [2.45, 2.75) is 6.54 Å². The number of anilines is 2. The second-order valence-electron chi connectivity index (χ2n) is 5.65. The minimum atomic E-state index is -0.482. The maximum atomic E-state index is 12.2. The van der Waals surface area contributed by atoms with Crippen molar-refractivity contribution in [2.75, 3.05) is 49.8 Å². The van der Waals surface area contributed by atoms with Gasteiger partial charge >= 0.3 is 0 Å². The van der Waals surface area contributed by atoms with Crippen LogP contribution in [0.25, 0.3) is 0 Å². The Hall–Kier alpha value is -2.27. The fraction of sp³-hybridized carbons (Fsp3) is 0.368. The van der Waals surface area contributed by atoms with E-state index in [4.69, 9.17) is 9.47 Å². The molecule has 2 aromatic rings. The molecule has 3 rings (SSSR count). The first-order chi connectivity index (χ1) is 11.9. The zero-order valence-electron chi connectivity index (χ0n) is 13.7. The Bertz CT molecular complexity index is 645. The molecule has 1 saturated heterocycles. The van der Waals surface area contributed by atoms with E-state index in [-0.39, 0.29) is 6.61 Å². The summed E-state index contributed by atoms with van der Waals surface area (Å²) >= 11 is 0. The Kier molecular flexibility index (Phi) is 5.90. The molecule has 0 radical (unpaired) electrons. The second kappa shape index (κ2) is 8.55. The van der Waals surface area contributed by atoms with Gasteiger partial charge in [0.2, 0.25) is 0 Å². The highest BCUT2D eigenvalue weighted by Gasteiger charge is 2.14. The average Bonchev–Trinajstić information content (AvgIpc) is 2.66. The van der Waals surface area contributed by atoms with E-state index >= 15 is 0 Å². The zero-order chi connectivity index (χ0) is 16.6. The summed E-state index contributed by atoms with van der Waals surface area (Å²) in [6, 6.07) is 16.0. The van der Waals surface area contributed by atoms with Crippen molar-refractivity contribution >= 4 is 11.4 Å². The van der Waals surface area contributed by atoms with Crippen molar-refractivity contribution in [1.82, 2.24) is 0 Å². The summed E-state index contributed by atoms with van der Waals surface area (Å²) in [4.78, 5) is 2.36. The van der Waals surface area contributed by atoms with E-state index < -0.39 is 6.67 Å². The number of para-hydroxylation sites is 1. The van der Waals surface area contributed by atoms with E-state index in [1.807, 2.05) is 24.3 Å².